The lowest BCUT2D eigenvalue weighted by molar-refractivity contribution is 0.0533. The summed E-state index contributed by atoms with van der Waals surface area (Å²) in [6, 6.07) is 5.94. The van der Waals surface area contributed by atoms with E-state index in [1.807, 2.05) is 26.0 Å². The number of nitrogens with one attached hydrogen (secondary N) is 2. The molecule has 4 nitrogen and oxygen atoms in total. The number of aryl methyl sites for hydroxylation is 2. The van der Waals surface area contributed by atoms with E-state index in [1.165, 1.54) is 12.7 Å². The van der Waals surface area contributed by atoms with Crippen LogP contribution in [0.4, 0.5) is 0 Å². The van der Waals surface area contributed by atoms with Gasteiger partial charge in [0.2, 0.25) is 0 Å². The summed E-state index contributed by atoms with van der Waals surface area (Å²) >= 11 is 0. The highest BCUT2D eigenvalue weighted by Crippen LogP contribution is 2.21. The topological polar surface area (TPSA) is 54.1 Å². The molecular weight excluding hydrogens is 204 g/mol. The van der Waals surface area contributed by atoms with Gasteiger partial charge in [-0.3, -0.25) is 9.63 Å². The Kier molecular flexibility index (Phi) is 2.66. The molecule has 0 fully saturated rings. The summed E-state index contributed by atoms with van der Waals surface area (Å²) in [7, 11) is 1.41. The zero-order valence-corrected chi connectivity index (χ0v) is 9.55. The Balaban J connectivity index is 2.51. The Labute approximate surface area is 93.6 Å². The first-order valence-corrected chi connectivity index (χ1v) is 5.05. The summed E-state index contributed by atoms with van der Waals surface area (Å²) in [6.45, 7) is 4.06. The lowest BCUT2D eigenvalue weighted by Crippen LogP contribution is -2.21. The fourth-order valence-electron chi connectivity index (χ4n) is 1.87. The first kappa shape index (κ1) is 10.7. The second-order valence-corrected chi connectivity index (χ2v) is 3.86. The molecule has 1 amide bonds. The van der Waals surface area contributed by atoms with Crippen molar-refractivity contribution in [3.8, 4) is 0 Å². The molecule has 0 unspecified atom stereocenters. The molecule has 0 saturated carbocycles. The van der Waals surface area contributed by atoms with Gasteiger partial charge in [-0.25, -0.2) is 5.48 Å². The van der Waals surface area contributed by atoms with Crippen LogP contribution in [0.15, 0.2) is 18.2 Å². The third kappa shape index (κ3) is 1.79. The van der Waals surface area contributed by atoms with Crippen LogP contribution in [0.2, 0.25) is 0 Å². The van der Waals surface area contributed by atoms with Crippen LogP contribution in [0, 0.1) is 13.8 Å². The van der Waals surface area contributed by atoms with Gasteiger partial charge in [0.05, 0.1) is 7.11 Å². The van der Waals surface area contributed by atoms with Crippen molar-refractivity contribution in [1.29, 1.82) is 0 Å². The van der Waals surface area contributed by atoms with Gasteiger partial charge in [0.15, 0.2) is 0 Å². The zero-order chi connectivity index (χ0) is 11.7. The first-order chi connectivity index (χ1) is 7.61. The number of aromatic amines is 1. The van der Waals surface area contributed by atoms with Crippen LogP contribution in [0.1, 0.15) is 21.6 Å². The molecular formula is C12H14N2O2. The van der Waals surface area contributed by atoms with Crippen LogP contribution in [0.3, 0.4) is 0 Å². The molecule has 1 heterocycles. The first-order valence-electron chi connectivity index (χ1n) is 5.05. The fraction of sp³-hybridized carbons (Fsp3) is 0.250. The number of rotatable bonds is 2. The van der Waals surface area contributed by atoms with Crippen molar-refractivity contribution in [3.63, 3.8) is 0 Å². The molecule has 2 aromatic rings. The van der Waals surface area contributed by atoms with Crippen LogP contribution in [0.5, 0.6) is 0 Å². The molecule has 0 radical (unpaired) electrons. The SMILES string of the molecule is CONC(=O)c1cc2c(C)cc(C)cc2[nH]1. The smallest absolute Gasteiger partial charge is 0.291 e. The number of benzene rings is 1. The highest BCUT2D eigenvalue weighted by molar-refractivity contribution is 5.98. The monoisotopic (exact) mass is 218 g/mol. The van der Waals surface area contributed by atoms with E-state index >= 15 is 0 Å². The minimum Gasteiger partial charge on any atom is -0.350 e. The third-order valence-electron chi connectivity index (χ3n) is 2.53. The van der Waals surface area contributed by atoms with E-state index < -0.39 is 0 Å². The molecule has 0 aliphatic heterocycles. The highest BCUT2D eigenvalue weighted by Gasteiger charge is 2.10. The average Bonchev–Trinajstić information content (AvgIpc) is 2.62. The van der Waals surface area contributed by atoms with Crippen LogP contribution in [0.25, 0.3) is 10.9 Å². The molecule has 0 bridgehead atoms. The number of hydroxylamine groups is 1. The van der Waals surface area contributed by atoms with E-state index in [4.69, 9.17) is 0 Å². The van der Waals surface area contributed by atoms with Crippen molar-refractivity contribution in [2.45, 2.75) is 13.8 Å². The summed E-state index contributed by atoms with van der Waals surface area (Å²) in [5.74, 6) is -0.268. The van der Waals surface area contributed by atoms with Gasteiger partial charge in [-0.05, 0) is 37.1 Å². The van der Waals surface area contributed by atoms with Gasteiger partial charge in [-0.15, -0.1) is 0 Å². The van der Waals surface area contributed by atoms with Crippen molar-refractivity contribution in [2.75, 3.05) is 7.11 Å². The molecule has 16 heavy (non-hydrogen) atoms. The molecule has 0 atom stereocenters. The van der Waals surface area contributed by atoms with Gasteiger partial charge < -0.3 is 4.98 Å². The van der Waals surface area contributed by atoms with Crippen molar-refractivity contribution >= 4 is 16.8 Å². The van der Waals surface area contributed by atoms with Crippen LogP contribution in [-0.2, 0) is 4.84 Å². The van der Waals surface area contributed by atoms with E-state index in [0.717, 1.165) is 16.5 Å². The second kappa shape index (κ2) is 3.98. The Morgan fingerprint density at radius 3 is 2.75 bits per heavy atom. The number of hydrogen-bond donors (Lipinski definition) is 2. The molecule has 2 rings (SSSR count). The highest BCUT2D eigenvalue weighted by atomic mass is 16.6. The van der Waals surface area contributed by atoms with E-state index in [9.17, 15) is 4.79 Å². The summed E-state index contributed by atoms with van der Waals surface area (Å²) in [5, 5.41) is 1.06. The summed E-state index contributed by atoms with van der Waals surface area (Å²) in [5.41, 5.74) is 6.09. The van der Waals surface area contributed by atoms with Gasteiger partial charge in [-0.1, -0.05) is 6.07 Å². The number of H-pyrrole nitrogens is 1. The van der Waals surface area contributed by atoms with Crippen molar-refractivity contribution in [3.05, 3.63) is 35.0 Å². The molecule has 0 aliphatic carbocycles. The largest absolute Gasteiger partial charge is 0.350 e. The van der Waals surface area contributed by atoms with Gasteiger partial charge in [0, 0.05) is 10.9 Å². The summed E-state index contributed by atoms with van der Waals surface area (Å²) in [4.78, 5) is 19.2. The Hall–Kier alpha value is -1.81. The predicted molar refractivity (Wildman–Crippen MR) is 62.2 cm³/mol. The second-order valence-electron chi connectivity index (χ2n) is 3.86. The average molecular weight is 218 g/mol. The zero-order valence-electron chi connectivity index (χ0n) is 9.55. The predicted octanol–water partition coefficient (Wildman–Crippen LogP) is 2.08. The Morgan fingerprint density at radius 1 is 1.31 bits per heavy atom. The maximum absolute atomic E-state index is 11.5. The van der Waals surface area contributed by atoms with E-state index in [-0.39, 0.29) is 5.91 Å². The number of hydrogen-bond acceptors (Lipinski definition) is 2. The number of carbonyl (C=O) groups excluding carboxylic acids is 1. The summed E-state index contributed by atoms with van der Waals surface area (Å²) < 4.78 is 0. The van der Waals surface area contributed by atoms with Gasteiger partial charge in [0.1, 0.15) is 5.69 Å². The number of aromatic nitrogens is 1. The number of carbonyl (C=O) groups is 1. The van der Waals surface area contributed by atoms with Crippen molar-refractivity contribution in [2.24, 2.45) is 0 Å². The molecule has 0 spiro atoms. The normalized spacial score (nSPS) is 10.7. The summed E-state index contributed by atoms with van der Waals surface area (Å²) in [6.07, 6.45) is 0. The molecule has 2 N–H and O–H groups in total. The minimum atomic E-state index is -0.268. The standard InChI is InChI=1S/C12H14N2O2/c1-7-4-8(2)9-6-11(12(15)14-16-3)13-10(9)5-7/h4-6,13H,1-3H3,(H,14,15). The Bertz CT molecular complexity index is 543. The lowest BCUT2D eigenvalue weighted by Gasteiger charge is -1.97. The molecule has 0 saturated heterocycles. The molecule has 84 valence electrons. The quantitative estimate of drug-likeness (QED) is 0.758. The Morgan fingerprint density at radius 2 is 2.06 bits per heavy atom. The molecule has 1 aromatic heterocycles. The number of amides is 1. The van der Waals surface area contributed by atoms with Gasteiger partial charge in [0.25, 0.3) is 5.91 Å². The van der Waals surface area contributed by atoms with Crippen molar-refractivity contribution < 1.29 is 9.63 Å². The molecule has 1 aromatic carbocycles. The fourth-order valence-corrected chi connectivity index (χ4v) is 1.87. The molecule has 0 aliphatic rings. The molecule has 4 heteroatoms. The van der Waals surface area contributed by atoms with Crippen LogP contribution in [-0.4, -0.2) is 18.0 Å². The van der Waals surface area contributed by atoms with Crippen molar-refractivity contribution in [1.82, 2.24) is 10.5 Å². The lowest BCUT2D eigenvalue weighted by atomic mass is 10.1. The van der Waals surface area contributed by atoms with Gasteiger partial charge >= 0.3 is 0 Å². The maximum Gasteiger partial charge on any atom is 0.291 e. The third-order valence-corrected chi connectivity index (χ3v) is 2.53. The van der Waals surface area contributed by atoms with E-state index in [1.54, 1.807) is 0 Å². The number of fused-ring (bicyclic) bond motifs is 1. The minimum absolute atomic E-state index is 0.268. The van der Waals surface area contributed by atoms with Crippen LogP contribution < -0.4 is 5.48 Å². The maximum atomic E-state index is 11.5. The van der Waals surface area contributed by atoms with Crippen LogP contribution >= 0.6 is 0 Å². The van der Waals surface area contributed by atoms with Gasteiger partial charge in [-0.2, -0.15) is 0 Å². The van der Waals surface area contributed by atoms with E-state index in [2.05, 4.69) is 21.4 Å². The van der Waals surface area contributed by atoms with E-state index in [0.29, 0.717) is 5.69 Å².